The highest BCUT2D eigenvalue weighted by molar-refractivity contribution is 5.84. The van der Waals surface area contributed by atoms with Crippen LogP contribution < -0.4 is 14.8 Å². The first-order chi connectivity index (χ1) is 15.9. The molecule has 1 N–H and O–H groups in total. The van der Waals surface area contributed by atoms with Crippen LogP contribution in [0.15, 0.2) is 48.5 Å². The van der Waals surface area contributed by atoms with E-state index in [9.17, 15) is 0 Å². The predicted octanol–water partition coefficient (Wildman–Crippen LogP) is 5.75. The summed E-state index contributed by atoms with van der Waals surface area (Å²) in [5.41, 5.74) is 4.24. The van der Waals surface area contributed by atoms with E-state index in [1.165, 1.54) is 5.57 Å². The van der Waals surface area contributed by atoms with Gasteiger partial charge in [-0.3, -0.25) is 0 Å². The summed E-state index contributed by atoms with van der Waals surface area (Å²) >= 11 is 0. The van der Waals surface area contributed by atoms with Gasteiger partial charge in [0.25, 0.3) is 0 Å². The molecule has 6 nitrogen and oxygen atoms in total. The summed E-state index contributed by atoms with van der Waals surface area (Å²) in [7, 11) is 2.17. The van der Waals surface area contributed by atoms with E-state index >= 15 is 0 Å². The number of para-hydroxylation sites is 1. The summed E-state index contributed by atoms with van der Waals surface area (Å²) in [4.78, 5) is 11.6. The first-order valence-electron chi connectivity index (χ1n) is 11.7. The number of piperidine rings is 1. The molecule has 3 aromatic rings. The molecule has 0 unspecified atom stereocenters. The third-order valence-electron chi connectivity index (χ3n) is 6.50. The predicted molar refractivity (Wildman–Crippen MR) is 133 cm³/mol. The molecule has 1 fully saturated rings. The average molecular weight is 445 g/mol. The van der Waals surface area contributed by atoms with E-state index in [0.29, 0.717) is 24.4 Å². The normalized spacial score (nSPS) is 18.4. The fourth-order valence-electron chi connectivity index (χ4n) is 4.73. The minimum absolute atomic E-state index is 0.0672. The van der Waals surface area contributed by atoms with Crippen molar-refractivity contribution in [3.05, 3.63) is 54.1 Å². The van der Waals surface area contributed by atoms with Crippen molar-refractivity contribution < 1.29 is 9.47 Å². The summed E-state index contributed by atoms with van der Waals surface area (Å²) in [6, 6.07) is 14.4. The van der Waals surface area contributed by atoms with Crippen molar-refractivity contribution in [3.63, 3.8) is 0 Å². The molecule has 5 rings (SSSR count). The summed E-state index contributed by atoms with van der Waals surface area (Å²) in [6.07, 6.45) is 4.52. The van der Waals surface area contributed by atoms with Crippen LogP contribution in [-0.4, -0.2) is 47.2 Å². The Labute approximate surface area is 195 Å². The Kier molecular flexibility index (Phi) is 5.71. The van der Waals surface area contributed by atoms with Gasteiger partial charge >= 0.3 is 6.01 Å². The number of hydrogen-bond donors (Lipinski definition) is 1. The van der Waals surface area contributed by atoms with Crippen LogP contribution in [0.3, 0.4) is 0 Å². The molecule has 2 aromatic carbocycles. The van der Waals surface area contributed by atoms with E-state index in [1.807, 2.05) is 30.3 Å². The molecular formula is C27H32N4O2. The zero-order valence-electron chi connectivity index (χ0n) is 19.9. The van der Waals surface area contributed by atoms with Crippen molar-refractivity contribution in [3.8, 4) is 17.6 Å². The molecule has 3 heterocycles. The first-order valence-corrected chi connectivity index (χ1v) is 11.7. The Balaban J connectivity index is 1.40. The van der Waals surface area contributed by atoms with Crippen molar-refractivity contribution >= 4 is 22.2 Å². The topological polar surface area (TPSA) is 59.5 Å². The third kappa shape index (κ3) is 4.81. The number of anilines is 1. The monoisotopic (exact) mass is 444 g/mol. The van der Waals surface area contributed by atoms with Gasteiger partial charge in [-0.25, -0.2) is 0 Å². The zero-order valence-corrected chi connectivity index (χ0v) is 19.9. The van der Waals surface area contributed by atoms with E-state index in [2.05, 4.69) is 66.2 Å². The molecule has 0 radical (unpaired) electrons. The van der Waals surface area contributed by atoms with Gasteiger partial charge in [-0.1, -0.05) is 18.2 Å². The Morgan fingerprint density at radius 2 is 1.88 bits per heavy atom. The van der Waals surface area contributed by atoms with Gasteiger partial charge in [-0.2, -0.15) is 9.97 Å². The fraction of sp³-hybridized carbons (Fsp3) is 0.407. The largest absolute Gasteiger partial charge is 0.463 e. The molecule has 2 aliphatic rings. The van der Waals surface area contributed by atoms with E-state index in [0.717, 1.165) is 53.8 Å². The summed E-state index contributed by atoms with van der Waals surface area (Å²) in [5, 5.41) is 4.44. The van der Waals surface area contributed by atoms with Crippen molar-refractivity contribution in [2.24, 2.45) is 5.92 Å². The second-order valence-electron chi connectivity index (χ2n) is 9.87. The second-order valence-corrected chi connectivity index (χ2v) is 9.87. The number of fused-ring (bicyclic) bond motifs is 2. The van der Waals surface area contributed by atoms with Gasteiger partial charge in [0, 0.05) is 11.3 Å². The average Bonchev–Trinajstić information content (AvgIpc) is 2.78. The van der Waals surface area contributed by atoms with Crippen LogP contribution in [-0.2, 0) is 0 Å². The Hall–Kier alpha value is -3.12. The SMILES string of the molecule is CC1=CC(C)(C)Nc2ccc(Oc3nc(OCC4CCN(C)CC4)nc4ccccc34)cc21. The molecule has 0 bridgehead atoms. The van der Waals surface area contributed by atoms with Crippen LogP contribution in [0.25, 0.3) is 16.5 Å². The molecule has 6 heteroatoms. The van der Waals surface area contributed by atoms with Gasteiger partial charge in [0.05, 0.1) is 23.0 Å². The molecule has 2 aliphatic heterocycles. The zero-order chi connectivity index (χ0) is 23.0. The highest BCUT2D eigenvalue weighted by Crippen LogP contribution is 2.37. The van der Waals surface area contributed by atoms with Crippen LogP contribution in [0.1, 0.15) is 39.2 Å². The molecule has 1 saturated heterocycles. The lowest BCUT2D eigenvalue weighted by atomic mass is 9.91. The number of likely N-dealkylation sites (tertiary alicyclic amines) is 1. The fourth-order valence-corrected chi connectivity index (χ4v) is 4.73. The molecule has 0 spiro atoms. The maximum atomic E-state index is 6.31. The van der Waals surface area contributed by atoms with Crippen LogP contribution >= 0.6 is 0 Å². The molecular weight excluding hydrogens is 412 g/mol. The van der Waals surface area contributed by atoms with Gasteiger partial charge in [-0.15, -0.1) is 0 Å². The number of rotatable bonds is 5. The van der Waals surface area contributed by atoms with E-state index in [1.54, 1.807) is 0 Å². The first kappa shape index (κ1) is 21.7. The highest BCUT2D eigenvalue weighted by atomic mass is 16.5. The highest BCUT2D eigenvalue weighted by Gasteiger charge is 2.23. The summed E-state index contributed by atoms with van der Waals surface area (Å²) in [6.45, 7) is 9.34. The molecule has 0 atom stereocenters. The maximum Gasteiger partial charge on any atom is 0.320 e. The second kappa shape index (κ2) is 8.67. The van der Waals surface area contributed by atoms with Crippen molar-refractivity contribution in [2.75, 3.05) is 32.1 Å². The smallest absolute Gasteiger partial charge is 0.320 e. The van der Waals surface area contributed by atoms with Crippen LogP contribution in [0, 0.1) is 5.92 Å². The standard InChI is InChI=1S/C27H32N4O2/c1-18-16-27(2,3)30-24-10-9-20(15-22(18)24)33-25-21-7-5-6-8-23(21)28-26(29-25)32-17-19-11-13-31(4)14-12-19/h5-10,15-16,19,30H,11-14,17H2,1-4H3. The van der Waals surface area contributed by atoms with E-state index in [4.69, 9.17) is 9.47 Å². The Bertz CT molecular complexity index is 1200. The third-order valence-corrected chi connectivity index (χ3v) is 6.50. The Morgan fingerprint density at radius 1 is 1.09 bits per heavy atom. The van der Waals surface area contributed by atoms with Crippen molar-refractivity contribution in [1.29, 1.82) is 0 Å². The van der Waals surface area contributed by atoms with Gasteiger partial charge in [0.1, 0.15) is 5.75 Å². The number of allylic oxidation sites excluding steroid dienone is 1. The number of benzene rings is 2. The van der Waals surface area contributed by atoms with Crippen molar-refractivity contribution in [1.82, 2.24) is 14.9 Å². The molecule has 1 aromatic heterocycles. The van der Waals surface area contributed by atoms with Gasteiger partial charge < -0.3 is 19.7 Å². The van der Waals surface area contributed by atoms with Gasteiger partial charge in [0.2, 0.25) is 5.88 Å². The lowest BCUT2D eigenvalue weighted by Crippen LogP contribution is -2.32. The number of hydrogen-bond acceptors (Lipinski definition) is 6. The molecule has 172 valence electrons. The number of ether oxygens (including phenoxy) is 2. The lowest BCUT2D eigenvalue weighted by Gasteiger charge is -2.31. The molecule has 33 heavy (non-hydrogen) atoms. The lowest BCUT2D eigenvalue weighted by molar-refractivity contribution is 0.153. The maximum absolute atomic E-state index is 6.31. The van der Waals surface area contributed by atoms with E-state index < -0.39 is 0 Å². The number of nitrogens with zero attached hydrogens (tertiary/aromatic N) is 3. The van der Waals surface area contributed by atoms with E-state index in [-0.39, 0.29) is 5.54 Å². The molecule has 0 saturated carbocycles. The van der Waals surface area contributed by atoms with Crippen LogP contribution in [0.5, 0.6) is 17.6 Å². The summed E-state index contributed by atoms with van der Waals surface area (Å²) in [5.74, 6) is 1.80. The summed E-state index contributed by atoms with van der Waals surface area (Å²) < 4.78 is 12.4. The van der Waals surface area contributed by atoms with Gasteiger partial charge in [0.15, 0.2) is 0 Å². The minimum Gasteiger partial charge on any atom is -0.463 e. The molecule has 0 amide bonds. The van der Waals surface area contributed by atoms with Crippen LogP contribution in [0.2, 0.25) is 0 Å². The van der Waals surface area contributed by atoms with Crippen LogP contribution in [0.4, 0.5) is 5.69 Å². The number of aromatic nitrogens is 2. The van der Waals surface area contributed by atoms with Gasteiger partial charge in [-0.05, 0) is 95.6 Å². The molecule has 0 aliphatic carbocycles. The minimum atomic E-state index is -0.0672. The Morgan fingerprint density at radius 3 is 2.70 bits per heavy atom. The number of nitrogens with one attached hydrogen (secondary N) is 1. The quantitative estimate of drug-likeness (QED) is 0.541. The van der Waals surface area contributed by atoms with Crippen molar-refractivity contribution in [2.45, 2.75) is 39.2 Å².